The van der Waals surface area contributed by atoms with Gasteiger partial charge in [-0.2, -0.15) is 0 Å². The molecule has 6 heteroatoms. The van der Waals surface area contributed by atoms with Crippen molar-refractivity contribution in [2.45, 2.75) is 32.9 Å². The summed E-state index contributed by atoms with van der Waals surface area (Å²) in [5, 5.41) is 12.3. The number of aliphatic carboxylic acids is 1. The van der Waals surface area contributed by atoms with Gasteiger partial charge in [0.15, 0.2) is 0 Å². The zero-order valence-corrected chi connectivity index (χ0v) is 13.2. The van der Waals surface area contributed by atoms with Crippen LogP contribution in [0.25, 0.3) is 0 Å². The number of carboxylic acids is 1. The number of carboxylic acid groups (broad SMARTS) is 1. The SMILES string of the molecule is CC[C@H](C)[C@H](NC(=O)N(C)Cc1cccc(Cl)c1)C(=O)O. The summed E-state index contributed by atoms with van der Waals surface area (Å²) < 4.78 is 0. The fourth-order valence-corrected chi connectivity index (χ4v) is 2.12. The molecule has 0 aliphatic rings. The van der Waals surface area contributed by atoms with Crippen molar-refractivity contribution in [3.8, 4) is 0 Å². The van der Waals surface area contributed by atoms with Gasteiger partial charge in [-0.25, -0.2) is 9.59 Å². The summed E-state index contributed by atoms with van der Waals surface area (Å²) in [6.45, 7) is 4.05. The normalized spacial score (nSPS) is 13.3. The minimum Gasteiger partial charge on any atom is -0.480 e. The number of carbonyl (C=O) groups is 2. The average Bonchev–Trinajstić information content (AvgIpc) is 2.43. The molecular formula is C15H21ClN2O3. The second-order valence-electron chi connectivity index (χ2n) is 5.14. The predicted molar refractivity (Wildman–Crippen MR) is 82.3 cm³/mol. The van der Waals surface area contributed by atoms with E-state index in [1.165, 1.54) is 4.90 Å². The molecule has 0 aliphatic heterocycles. The number of carbonyl (C=O) groups excluding carboxylic acids is 1. The third-order valence-corrected chi connectivity index (χ3v) is 3.65. The Balaban J connectivity index is 2.67. The van der Waals surface area contributed by atoms with Gasteiger partial charge in [-0.05, 0) is 23.6 Å². The molecule has 0 saturated heterocycles. The van der Waals surface area contributed by atoms with E-state index in [2.05, 4.69) is 5.32 Å². The highest BCUT2D eigenvalue weighted by Crippen LogP contribution is 2.13. The van der Waals surface area contributed by atoms with E-state index < -0.39 is 18.0 Å². The maximum absolute atomic E-state index is 12.1. The Kier molecular flexibility index (Phi) is 6.49. The Bertz CT molecular complexity index is 507. The van der Waals surface area contributed by atoms with Crippen LogP contribution in [0.4, 0.5) is 4.79 Å². The molecule has 0 bridgehead atoms. The summed E-state index contributed by atoms with van der Waals surface area (Å²) in [5.74, 6) is -1.15. The highest BCUT2D eigenvalue weighted by atomic mass is 35.5. The van der Waals surface area contributed by atoms with Gasteiger partial charge in [0.2, 0.25) is 0 Å². The van der Waals surface area contributed by atoms with Crippen LogP contribution in [0.1, 0.15) is 25.8 Å². The van der Waals surface area contributed by atoms with Crippen LogP contribution >= 0.6 is 11.6 Å². The van der Waals surface area contributed by atoms with Crippen LogP contribution in [-0.4, -0.2) is 35.1 Å². The molecular weight excluding hydrogens is 292 g/mol. The van der Waals surface area contributed by atoms with E-state index in [1.54, 1.807) is 26.1 Å². The second kappa shape index (κ2) is 7.88. The zero-order valence-electron chi connectivity index (χ0n) is 12.5. The first-order valence-corrected chi connectivity index (χ1v) is 7.21. The van der Waals surface area contributed by atoms with Crippen LogP contribution in [0.15, 0.2) is 24.3 Å². The lowest BCUT2D eigenvalue weighted by Crippen LogP contribution is -2.49. The van der Waals surface area contributed by atoms with Gasteiger partial charge in [-0.15, -0.1) is 0 Å². The molecule has 21 heavy (non-hydrogen) atoms. The first kappa shape index (κ1) is 17.3. The molecule has 2 N–H and O–H groups in total. The van der Waals surface area contributed by atoms with Gasteiger partial charge >= 0.3 is 12.0 Å². The molecule has 0 unspecified atom stereocenters. The number of rotatable bonds is 6. The lowest BCUT2D eigenvalue weighted by atomic mass is 9.99. The Hall–Kier alpha value is -1.75. The van der Waals surface area contributed by atoms with Gasteiger partial charge in [0.1, 0.15) is 6.04 Å². The van der Waals surface area contributed by atoms with Gasteiger partial charge in [0.25, 0.3) is 0 Å². The second-order valence-corrected chi connectivity index (χ2v) is 5.57. The largest absolute Gasteiger partial charge is 0.480 e. The smallest absolute Gasteiger partial charge is 0.326 e. The number of halogens is 1. The summed E-state index contributed by atoms with van der Waals surface area (Å²) >= 11 is 5.90. The molecule has 116 valence electrons. The fourth-order valence-electron chi connectivity index (χ4n) is 1.91. The summed E-state index contributed by atoms with van der Waals surface area (Å²) in [4.78, 5) is 24.7. The van der Waals surface area contributed by atoms with Crippen molar-refractivity contribution < 1.29 is 14.7 Å². The van der Waals surface area contributed by atoms with Crippen LogP contribution in [0.2, 0.25) is 5.02 Å². The van der Waals surface area contributed by atoms with Crippen molar-refractivity contribution in [2.24, 2.45) is 5.92 Å². The van der Waals surface area contributed by atoms with E-state index in [0.29, 0.717) is 18.0 Å². The number of benzene rings is 1. The minimum absolute atomic E-state index is 0.133. The molecule has 1 rings (SSSR count). The first-order valence-electron chi connectivity index (χ1n) is 6.84. The number of nitrogens with zero attached hydrogens (tertiary/aromatic N) is 1. The molecule has 5 nitrogen and oxygen atoms in total. The van der Waals surface area contributed by atoms with Crippen molar-refractivity contribution in [3.63, 3.8) is 0 Å². The summed E-state index contributed by atoms with van der Waals surface area (Å²) in [7, 11) is 1.62. The number of hydrogen-bond donors (Lipinski definition) is 2. The molecule has 0 spiro atoms. The van der Waals surface area contributed by atoms with Crippen LogP contribution in [0.3, 0.4) is 0 Å². The third kappa shape index (κ3) is 5.27. The lowest BCUT2D eigenvalue weighted by Gasteiger charge is -2.24. The molecule has 2 amide bonds. The Morgan fingerprint density at radius 3 is 2.62 bits per heavy atom. The van der Waals surface area contributed by atoms with E-state index in [4.69, 9.17) is 11.6 Å². The first-order chi connectivity index (χ1) is 9.85. The third-order valence-electron chi connectivity index (χ3n) is 3.41. The van der Waals surface area contributed by atoms with Gasteiger partial charge in [-0.3, -0.25) is 0 Å². The quantitative estimate of drug-likeness (QED) is 0.848. The van der Waals surface area contributed by atoms with Crippen LogP contribution in [-0.2, 0) is 11.3 Å². The maximum Gasteiger partial charge on any atom is 0.326 e. The Labute approximate surface area is 129 Å². The van der Waals surface area contributed by atoms with Gasteiger partial charge < -0.3 is 15.3 Å². The number of hydrogen-bond acceptors (Lipinski definition) is 2. The van der Waals surface area contributed by atoms with E-state index in [0.717, 1.165) is 5.56 Å². The van der Waals surface area contributed by atoms with E-state index in [9.17, 15) is 14.7 Å². The van der Waals surface area contributed by atoms with Crippen LogP contribution in [0.5, 0.6) is 0 Å². The van der Waals surface area contributed by atoms with Crippen molar-refractivity contribution in [1.29, 1.82) is 0 Å². The van der Waals surface area contributed by atoms with Gasteiger partial charge in [0.05, 0.1) is 0 Å². The lowest BCUT2D eigenvalue weighted by molar-refractivity contribution is -0.140. The summed E-state index contributed by atoms with van der Waals surface area (Å²) in [5.41, 5.74) is 0.885. The van der Waals surface area contributed by atoms with Crippen molar-refractivity contribution >= 4 is 23.6 Å². The Morgan fingerprint density at radius 2 is 2.10 bits per heavy atom. The number of amides is 2. The molecule has 0 fully saturated rings. The number of urea groups is 1. The minimum atomic E-state index is -1.02. The molecule has 0 heterocycles. The molecule has 2 atom stereocenters. The molecule has 0 aliphatic carbocycles. The van der Waals surface area contributed by atoms with Crippen LogP contribution in [0, 0.1) is 5.92 Å². The highest BCUT2D eigenvalue weighted by Gasteiger charge is 2.26. The standard InChI is InChI=1S/C15H21ClN2O3/c1-4-10(2)13(14(19)20)17-15(21)18(3)9-11-6-5-7-12(16)8-11/h5-8,10,13H,4,9H2,1-3H3,(H,17,21)(H,19,20)/t10-,13-/m0/s1. The van der Waals surface area contributed by atoms with E-state index in [1.807, 2.05) is 19.1 Å². The topological polar surface area (TPSA) is 69.6 Å². The summed E-state index contributed by atoms with van der Waals surface area (Å²) in [6.07, 6.45) is 0.676. The van der Waals surface area contributed by atoms with Crippen molar-refractivity contribution in [1.82, 2.24) is 10.2 Å². The van der Waals surface area contributed by atoms with E-state index in [-0.39, 0.29) is 5.92 Å². The monoisotopic (exact) mass is 312 g/mol. The highest BCUT2D eigenvalue weighted by molar-refractivity contribution is 6.30. The molecule has 0 aromatic heterocycles. The molecule has 1 aromatic carbocycles. The average molecular weight is 313 g/mol. The molecule has 0 saturated carbocycles. The predicted octanol–water partition coefficient (Wildman–Crippen LogP) is 2.98. The van der Waals surface area contributed by atoms with Gasteiger partial charge in [-0.1, -0.05) is 44.0 Å². The fraction of sp³-hybridized carbons (Fsp3) is 0.467. The van der Waals surface area contributed by atoms with Gasteiger partial charge in [0, 0.05) is 18.6 Å². The van der Waals surface area contributed by atoms with Crippen molar-refractivity contribution in [3.05, 3.63) is 34.9 Å². The number of nitrogens with one attached hydrogen (secondary N) is 1. The molecule has 0 radical (unpaired) electrons. The van der Waals surface area contributed by atoms with E-state index >= 15 is 0 Å². The van der Waals surface area contributed by atoms with Crippen LogP contribution < -0.4 is 5.32 Å². The maximum atomic E-state index is 12.1. The molecule has 1 aromatic rings. The Morgan fingerprint density at radius 1 is 1.43 bits per heavy atom. The van der Waals surface area contributed by atoms with Crippen molar-refractivity contribution in [2.75, 3.05) is 7.05 Å². The zero-order chi connectivity index (χ0) is 16.0. The summed E-state index contributed by atoms with van der Waals surface area (Å²) in [6, 6.07) is 5.90.